The van der Waals surface area contributed by atoms with Crippen LogP contribution < -0.4 is 5.32 Å². The number of hydrogen-bond acceptors (Lipinski definition) is 2. The molecule has 0 radical (unpaired) electrons. The van der Waals surface area contributed by atoms with Crippen LogP contribution in [-0.2, 0) is 23.0 Å². The monoisotopic (exact) mass is 325 g/mol. The molecule has 21 heavy (non-hydrogen) atoms. The molecule has 2 aromatic carbocycles. The molecular weight excluding hydrogens is 309 g/mol. The van der Waals surface area contributed by atoms with E-state index in [0.29, 0.717) is 29.3 Å². The van der Waals surface area contributed by atoms with Crippen LogP contribution >= 0.6 is 11.6 Å². The fourth-order valence-electron chi connectivity index (χ4n) is 2.11. The maximum atomic E-state index is 13.6. The van der Waals surface area contributed by atoms with Gasteiger partial charge in [-0.25, -0.2) is 4.39 Å². The lowest BCUT2D eigenvalue weighted by molar-refractivity contribution is 0.611. The first-order valence-corrected chi connectivity index (χ1v) is 8.72. The van der Waals surface area contributed by atoms with E-state index in [2.05, 4.69) is 5.32 Å². The predicted octanol–water partition coefficient (Wildman–Crippen LogP) is 4.01. The van der Waals surface area contributed by atoms with Gasteiger partial charge in [0.15, 0.2) is 0 Å². The average Bonchev–Trinajstić information content (AvgIpc) is 2.42. The molecule has 0 aliphatic carbocycles. The predicted molar refractivity (Wildman–Crippen MR) is 87.8 cm³/mol. The zero-order valence-corrected chi connectivity index (χ0v) is 13.3. The van der Waals surface area contributed by atoms with Crippen LogP contribution in [0, 0.1) is 5.82 Å². The van der Waals surface area contributed by atoms with Gasteiger partial charge in [-0.05, 0) is 36.2 Å². The van der Waals surface area contributed by atoms with Crippen LogP contribution in [0.2, 0.25) is 5.02 Å². The molecule has 0 saturated carbocycles. The number of hydrogen-bond donors (Lipinski definition) is 1. The summed E-state index contributed by atoms with van der Waals surface area (Å²) in [4.78, 5) is 0. The fraction of sp³-hybridized carbons (Fsp3) is 0.250. The van der Waals surface area contributed by atoms with Gasteiger partial charge >= 0.3 is 0 Å². The maximum Gasteiger partial charge on any atom is 0.127 e. The molecule has 5 heteroatoms. The molecule has 1 atom stereocenters. The van der Waals surface area contributed by atoms with Gasteiger partial charge in [-0.15, -0.1) is 0 Å². The largest absolute Gasteiger partial charge is 0.385 e. The van der Waals surface area contributed by atoms with Gasteiger partial charge in [-0.1, -0.05) is 29.8 Å². The number of anilines is 1. The molecule has 0 aromatic heterocycles. The molecule has 2 nitrogen and oxygen atoms in total. The Morgan fingerprint density at radius 3 is 2.71 bits per heavy atom. The van der Waals surface area contributed by atoms with Crippen molar-refractivity contribution >= 4 is 28.1 Å². The zero-order valence-electron chi connectivity index (χ0n) is 11.7. The highest BCUT2D eigenvalue weighted by Crippen LogP contribution is 2.20. The molecule has 1 N–H and O–H groups in total. The molecule has 0 unspecified atom stereocenters. The van der Waals surface area contributed by atoms with E-state index in [4.69, 9.17) is 11.6 Å². The van der Waals surface area contributed by atoms with Gasteiger partial charge in [0, 0.05) is 45.6 Å². The fourth-order valence-corrected chi connectivity index (χ4v) is 3.02. The van der Waals surface area contributed by atoms with E-state index >= 15 is 0 Å². The number of halogens is 2. The van der Waals surface area contributed by atoms with Crippen LogP contribution in [0.25, 0.3) is 0 Å². The minimum Gasteiger partial charge on any atom is -0.385 e. The lowest BCUT2D eigenvalue weighted by atomic mass is 10.1. The van der Waals surface area contributed by atoms with E-state index in [-0.39, 0.29) is 5.82 Å². The molecule has 0 amide bonds. The molecule has 0 bridgehead atoms. The van der Waals surface area contributed by atoms with Gasteiger partial charge in [0.05, 0.1) is 0 Å². The van der Waals surface area contributed by atoms with Crippen molar-refractivity contribution in [2.45, 2.75) is 12.2 Å². The third-order valence-electron chi connectivity index (χ3n) is 3.06. The molecule has 2 rings (SSSR count). The summed E-state index contributed by atoms with van der Waals surface area (Å²) in [5.74, 6) is 0.258. The highest BCUT2D eigenvalue weighted by atomic mass is 35.5. The van der Waals surface area contributed by atoms with Crippen LogP contribution in [0.5, 0.6) is 0 Å². The molecular formula is C16H17ClFNOS. The van der Waals surface area contributed by atoms with E-state index < -0.39 is 10.8 Å². The van der Waals surface area contributed by atoms with Crippen LogP contribution in [0.1, 0.15) is 11.1 Å². The van der Waals surface area contributed by atoms with E-state index in [9.17, 15) is 8.60 Å². The van der Waals surface area contributed by atoms with Gasteiger partial charge in [-0.2, -0.15) is 0 Å². The lowest BCUT2D eigenvalue weighted by Gasteiger charge is -2.09. The third kappa shape index (κ3) is 4.83. The second-order valence-electron chi connectivity index (χ2n) is 4.79. The summed E-state index contributed by atoms with van der Waals surface area (Å²) in [6.45, 7) is 0.583. The molecule has 0 aliphatic heterocycles. The van der Waals surface area contributed by atoms with Gasteiger partial charge < -0.3 is 5.32 Å². The van der Waals surface area contributed by atoms with E-state index in [1.54, 1.807) is 18.4 Å². The topological polar surface area (TPSA) is 29.1 Å². The first-order chi connectivity index (χ1) is 10.1. The van der Waals surface area contributed by atoms with Gasteiger partial charge in [0.25, 0.3) is 0 Å². The van der Waals surface area contributed by atoms with Crippen molar-refractivity contribution in [2.75, 3.05) is 18.1 Å². The molecule has 0 saturated heterocycles. The number of benzene rings is 2. The Hall–Kier alpha value is -1.39. The van der Waals surface area contributed by atoms with Crippen LogP contribution in [0.3, 0.4) is 0 Å². The standard InChI is InChI=1S/C16H17ClFNOS/c1-21(20)11-12-4-2-5-13(10-12)19-9-8-14-15(17)6-3-7-16(14)18/h2-7,10,19H,8-9,11H2,1H3/t21-/m1/s1. The normalized spacial score (nSPS) is 12.1. The molecule has 112 valence electrons. The second-order valence-corrected chi connectivity index (χ2v) is 6.64. The van der Waals surface area contributed by atoms with Crippen molar-refractivity contribution < 1.29 is 8.60 Å². The first kappa shape index (κ1) is 16.0. The maximum absolute atomic E-state index is 13.6. The van der Waals surface area contributed by atoms with Crippen molar-refractivity contribution in [1.29, 1.82) is 0 Å². The Balaban J connectivity index is 1.96. The minimum absolute atomic E-state index is 0.278. The molecule has 0 aliphatic rings. The van der Waals surface area contributed by atoms with Crippen molar-refractivity contribution in [1.82, 2.24) is 0 Å². The van der Waals surface area contributed by atoms with E-state index in [0.717, 1.165) is 11.3 Å². The van der Waals surface area contributed by atoms with Gasteiger partial charge in [0.1, 0.15) is 5.82 Å². The Bertz CT molecular complexity index is 628. The van der Waals surface area contributed by atoms with Crippen molar-refractivity contribution in [3.8, 4) is 0 Å². The lowest BCUT2D eigenvalue weighted by Crippen LogP contribution is -2.07. The second kappa shape index (κ2) is 7.57. The Morgan fingerprint density at radius 2 is 2.00 bits per heavy atom. The van der Waals surface area contributed by atoms with E-state index in [1.807, 2.05) is 24.3 Å². The Morgan fingerprint density at radius 1 is 1.24 bits per heavy atom. The molecule has 0 heterocycles. The van der Waals surface area contributed by atoms with Gasteiger partial charge in [-0.3, -0.25) is 4.21 Å². The zero-order chi connectivity index (χ0) is 15.2. The summed E-state index contributed by atoms with van der Waals surface area (Å²) < 4.78 is 24.9. The summed E-state index contributed by atoms with van der Waals surface area (Å²) in [5, 5.41) is 3.69. The molecule has 0 fully saturated rings. The number of rotatable bonds is 6. The summed E-state index contributed by atoms with van der Waals surface area (Å²) in [7, 11) is -0.861. The highest BCUT2D eigenvalue weighted by Gasteiger charge is 2.06. The highest BCUT2D eigenvalue weighted by molar-refractivity contribution is 7.83. The Kier molecular flexibility index (Phi) is 5.76. The smallest absolute Gasteiger partial charge is 0.127 e. The number of nitrogens with one attached hydrogen (secondary N) is 1. The van der Waals surface area contributed by atoms with Crippen LogP contribution in [0.15, 0.2) is 42.5 Å². The van der Waals surface area contributed by atoms with Crippen LogP contribution in [0.4, 0.5) is 10.1 Å². The summed E-state index contributed by atoms with van der Waals surface area (Å²) >= 11 is 5.99. The quantitative estimate of drug-likeness (QED) is 0.869. The van der Waals surface area contributed by atoms with E-state index in [1.165, 1.54) is 6.07 Å². The summed E-state index contributed by atoms with van der Waals surface area (Å²) in [5.41, 5.74) is 2.48. The average molecular weight is 326 g/mol. The summed E-state index contributed by atoms with van der Waals surface area (Å²) in [6, 6.07) is 12.5. The van der Waals surface area contributed by atoms with Crippen molar-refractivity contribution in [3.05, 3.63) is 64.4 Å². The SMILES string of the molecule is C[S@@](=O)Cc1cccc(NCCc2c(F)cccc2Cl)c1. The van der Waals surface area contributed by atoms with Crippen molar-refractivity contribution in [3.63, 3.8) is 0 Å². The van der Waals surface area contributed by atoms with Crippen LogP contribution in [-0.4, -0.2) is 17.0 Å². The minimum atomic E-state index is -0.861. The van der Waals surface area contributed by atoms with Gasteiger partial charge in [0.2, 0.25) is 0 Å². The first-order valence-electron chi connectivity index (χ1n) is 6.62. The molecule has 0 spiro atoms. The summed E-state index contributed by atoms with van der Waals surface area (Å²) in [6.07, 6.45) is 2.19. The molecule has 2 aromatic rings. The van der Waals surface area contributed by atoms with Crippen molar-refractivity contribution in [2.24, 2.45) is 0 Å². The Labute approximate surface area is 131 Å². The third-order valence-corrected chi connectivity index (χ3v) is 4.16.